The number of allylic oxidation sites excluding steroid dienone is 1. The first-order valence-corrected chi connectivity index (χ1v) is 9.19. The summed E-state index contributed by atoms with van der Waals surface area (Å²) >= 11 is 6.07. The summed E-state index contributed by atoms with van der Waals surface area (Å²) in [5, 5.41) is 0.615. The van der Waals surface area contributed by atoms with Gasteiger partial charge in [-0.25, -0.2) is 4.79 Å². The maximum absolute atomic E-state index is 12.9. The number of ether oxygens (including phenoxy) is 1. The number of amides is 1. The molecule has 0 unspecified atom stereocenters. The molecule has 1 aliphatic rings. The number of methoxy groups -OCH3 is 1. The van der Waals surface area contributed by atoms with Crippen LogP contribution in [-0.2, 0) is 20.9 Å². The van der Waals surface area contributed by atoms with Gasteiger partial charge >= 0.3 is 5.97 Å². The van der Waals surface area contributed by atoms with Crippen molar-refractivity contribution >= 4 is 23.5 Å². The summed E-state index contributed by atoms with van der Waals surface area (Å²) in [7, 11) is 1.37. The number of nitrogens with zero attached hydrogens (tertiary/aromatic N) is 1. The zero-order valence-corrected chi connectivity index (χ0v) is 16.4. The van der Waals surface area contributed by atoms with Crippen molar-refractivity contribution in [2.75, 3.05) is 7.11 Å². The Morgan fingerprint density at radius 3 is 2.59 bits per heavy atom. The van der Waals surface area contributed by atoms with Crippen LogP contribution in [0.15, 0.2) is 59.8 Å². The lowest BCUT2D eigenvalue weighted by molar-refractivity contribution is -0.138. The minimum absolute atomic E-state index is 0.0216. The van der Waals surface area contributed by atoms with Gasteiger partial charge in [-0.3, -0.25) is 4.79 Å². The van der Waals surface area contributed by atoms with Crippen molar-refractivity contribution in [3.05, 3.63) is 81.5 Å². The Hall–Kier alpha value is -2.59. The monoisotopic (exact) mass is 383 g/mol. The third-order valence-electron chi connectivity index (χ3n) is 4.90. The lowest BCUT2D eigenvalue weighted by atomic mass is 9.83. The van der Waals surface area contributed by atoms with Gasteiger partial charge in [-0.1, -0.05) is 53.6 Å². The second-order valence-corrected chi connectivity index (χ2v) is 7.21. The Morgan fingerprint density at radius 1 is 1.19 bits per heavy atom. The molecule has 0 radical (unpaired) electrons. The van der Waals surface area contributed by atoms with Crippen molar-refractivity contribution in [1.82, 2.24) is 4.90 Å². The van der Waals surface area contributed by atoms with E-state index in [1.165, 1.54) is 7.11 Å². The Morgan fingerprint density at radius 2 is 1.93 bits per heavy atom. The largest absolute Gasteiger partial charge is 0.466 e. The molecule has 3 rings (SSSR count). The van der Waals surface area contributed by atoms with Gasteiger partial charge in [-0.15, -0.1) is 0 Å². The molecule has 1 atom stereocenters. The van der Waals surface area contributed by atoms with E-state index in [0.29, 0.717) is 22.8 Å². The Labute approximate surface area is 164 Å². The topological polar surface area (TPSA) is 46.6 Å². The molecule has 0 fully saturated rings. The molecule has 1 amide bonds. The van der Waals surface area contributed by atoms with E-state index in [9.17, 15) is 9.59 Å². The average Bonchev–Trinajstić information content (AvgIpc) is 2.64. The summed E-state index contributed by atoms with van der Waals surface area (Å²) < 4.78 is 5.04. The normalized spacial score (nSPS) is 17.3. The highest BCUT2D eigenvalue weighted by molar-refractivity contribution is 6.30. The lowest BCUT2D eigenvalue weighted by Crippen LogP contribution is -2.37. The van der Waals surface area contributed by atoms with Crippen LogP contribution >= 0.6 is 11.6 Å². The van der Waals surface area contributed by atoms with E-state index < -0.39 is 5.97 Å². The van der Waals surface area contributed by atoms with Crippen LogP contribution in [0.25, 0.3) is 0 Å². The lowest BCUT2D eigenvalue weighted by Gasteiger charge is -2.34. The molecule has 0 spiro atoms. The molecule has 0 aliphatic carbocycles. The number of halogens is 1. The number of esters is 1. The molecule has 27 heavy (non-hydrogen) atoms. The highest BCUT2D eigenvalue weighted by Crippen LogP contribution is 2.37. The van der Waals surface area contributed by atoms with Gasteiger partial charge in [0.15, 0.2) is 0 Å². The van der Waals surface area contributed by atoms with Crippen LogP contribution in [0.4, 0.5) is 0 Å². The Kier molecular flexibility index (Phi) is 5.66. The maximum Gasteiger partial charge on any atom is 0.336 e. The third-order valence-corrected chi connectivity index (χ3v) is 5.14. The fraction of sp³-hybridized carbons (Fsp3) is 0.273. The van der Waals surface area contributed by atoms with Crippen molar-refractivity contribution in [2.24, 2.45) is 0 Å². The van der Waals surface area contributed by atoms with Crippen LogP contribution in [0.1, 0.15) is 36.0 Å². The first kappa shape index (κ1) is 19.2. The molecule has 140 valence electrons. The van der Waals surface area contributed by atoms with E-state index in [-0.39, 0.29) is 18.2 Å². The van der Waals surface area contributed by atoms with Crippen molar-refractivity contribution in [1.29, 1.82) is 0 Å². The van der Waals surface area contributed by atoms with Gasteiger partial charge < -0.3 is 9.64 Å². The second-order valence-electron chi connectivity index (χ2n) is 6.77. The molecule has 2 aromatic carbocycles. The summed E-state index contributed by atoms with van der Waals surface area (Å²) in [5.41, 5.74) is 4.11. The summed E-state index contributed by atoms with van der Waals surface area (Å²) in [6.45, 7) is 4.16. The van der Waals surface area contributed by atoms with Crippen LogP contribution in [0.5, 0.6) is 0 Å². The maximum atomic E-state index is 12.9. The second kappa shape index (κ2) is 7.97. The molecule has 0 aromatic heterocycles. The molecule has 1 heterocycles. The summed E-state index contributed by atoms with van der Waals surface area (Å²) in [5.74, 6) is -0.727. The number of carbonyl (C=O) groups is 2. The van der Waals surface area contributed by atoms with Crippen LogP contribution in [0.3, 0.4) is 0 Å². The standard InChI is InChI=1S/C22H22ClNO3/c1-14-6-4-8-17(10-14)19-12-20(25)24(15(2)21(19)22(26)27-3)13-16-7-5-9-18(23)11-16/h4-11,19H,12-13H2,1-3H3/t19-/m1/s1. The van der Waals surface area contributed by atoms with E-state index >= 15 is 0 Å². The number of aryl methyl sites for hydroxylation is 1. The van der Waals surface area contributed by atoms with Crippen LogP contribution < -0.4 is 0 Å². The predicted octanol–water partition coefficient (Wildman–Crippen LogP) is 4.61. The van der Waals surface area contributed by atoms with Gasteiger partial charge in [0.1, 0.15) is 0 Å². The number of hydrogen-bond acceptors (Lipinski definition) is 3. The SMILES string of the molecule is COC(=O)C1=C(C)N(Cc2cccc(Cl)c2)C(=O)C[C@@H]1c1cccc(C)c1. The summed E-state index contributed by atoms with van der Waals surface area (Å²) in [6, 6.07) is 15.3. The highest BCUT2D eigenvalue weighted by Gasteiger charge is 2.36. The van der Waals surface area contributed by atoms with Gasteiger partial charge in [0.05, 0.1) is 19.2 Å². The smallest absolute Gasteiger partial charge is 0.336 e. The van der Waals surface area contributed by atoms with Crippen molar-refractivity contribution in [3.63, 3.8) is 0 Å². The quantitative estimate of drug-likeness (QED) is 0.724. The van der Waals surface area contributed by atoms with Gasteiger partial charge in [0, 0.05) is 23.1 Å². The minimum Gasteiger partial charge on any atom is -0.466 e. The van der Waals surface area contributed by atoms with E-state index in [2.05, 4.69) is 0 Å². The van der Waals surface area contributed by atoms with Gasteiger partial charge in [-0.05, 0) is 37.1 Å². The molecule has 2 aromatic rings. The van der Waals surface area contributed by atoms with Crippen LogP contribution in [-0.4, -0.2) is 23.9 Å². The van der Waals surface area contributed by atoms with Gasteiger partial charge in [0.2, 0.25) is 5.91 Å². The summed E-state index contributed by atoms with van der Waals surface area (Å²) in [6.07, 6.45) is 0.228. The van der Waals surface area contributed by atoms with Crippen molar-refractivity contribution < 1.29 is 14.3 Å². The molecule has 0 N–H and O–H groups in total. The van der Waals surface area contributed by atoms with E-state index in [0.717, 1.165) is 16.7 Å². The molecule has 0 saturated carbocycles. The molecular weight excluding hydrogens is 362 g/mol. The fourth-order valence-electron chi connectivity index (χ4n) is 3.57. The van der Waals surface area contributed by atoms with Crippen LogP contribution in [0, 0.1) is 6.92 Å². The third kappa shape index (κ3) is 4.06. The predicted molar refractivity (Wildman–Crippen MR) is 105 cm³/mol. The van der Waals surface area contributed by atoms with E-state index in [4.69, 9.17) is 16.3 Å². The number of hydrogen-bond donors (Lipinski definition) is 0. The van der Waals surface area contributed by atoms with Gasteiger partial charge in [0.25, 0.3) is 0 Å². The molecular formula is C22H22ClNO3. The minimum atomic E-state index is -0.400. The molecule has 0 bridgehead atoms. The van der Waals surface area contributed by atoms with Crippen molar-refractivity contribution in [3.8, 4) is 0 Å². The number of carbonyl (C=O) groups excluding carboxylic acids is 2. The van der Waals surface area contributed by atoms with Crippen LogP contribution in [0.2, 0.25) is 5.02 Å². The Bertz CT molecular complexity index is 919. The molecule has 5 heteroatoms. The number of benzene rings is 2. The first-order valence-electron chi connectivity index (χ1n) is 8.81. The molecule has 1 aliphatic heterocycles. The fourth-order valence-corrected chi connectivity index (χ4v) is 3.78. The average molecular weight is 384 g/mol. The first-order chi connectivity index (χ1) is 12.9. The molecule has 0 saturated heterocycles. The highest BCUT2D eigenvalue weighted by atomic mass is 35.5. The van der Waals surface area contributed by atoms with E-state index in [1.807, 2.05) is 49.4 Å². The Balaban J connectivity index is 2.03. The number of rotatable bonds is 4. The van der Waals surface area contributed by atoms with Crippen molar-refractivity contribution in [2.45, 2.75) is 32.7 Å². The molecule has 4 nitrogen and oxygen atoms in total. The van der Waals surface area contributed by atoms with E-state index in [1.54, 1.807) is 17.9 Å². The summed E-state index contributed by atoms with van der Waals surface area (Å²) in [4.78, 5) is 27.1. The zero-order chi connectivity index (χ0) is 19.6. The van der Waals surface area contributed by atoms with Gasteiger partial charge in [-0.2, -0.15) is 0 Å². The zero-order valence-electron chi connectivity index (χ0n) is 15.7.